The Balaban J connectivity index is 2.03. The SMILES string of the molecule is COc1cccc(-c2nnc(S[C@@H](C)C(=O)NC(N)=O)n2-c2ccccc2)c1. The van der Waals surface area contributed by atoms with Gasteiger partial charge in [-0.2, -0.15) is 0 Å². The van der Waals surface area contributed by atoms with Crippen molar-refractivity contribution in [3.05, 3.63) is 54.6 Å². The van der Waals surface area contributed by atoms with Crippen LogP contribution in [0.2, 0.25) is 0 Å². The predicted molar refractivity (Wildman–Crippen MR) is 106 cm³/mol. The maximum absolute atomic E-state index is 12.1. The lowest BCUT2D eigenvalue weighted by atomic mass is 10.2. The van der Waals surface area contributed by atoms with E-state index in [0.717, 1.165) is 11.3 Å². The van der Waals surface area contributed by atoms with Crippen LogP contribution < -0.4 is 15.8 Å². The number of rotatable bonds is 6. The molecule has 8 nitrogen and oxygen atoms in total. The van der Waals surface area contributed by atoms with Crippen LogP contribution in [0, 0.1) is 0 Å². The molecular formula is C19H19N5O3S. The smallest absolute Gasteiger partial charge is 0.318 e. The number of ether oxygens (including phenoxy) is 1. The molecule has 0 aliphatic heterocycles. The van der Waals surface area contributed by atoms with Gasteiger partial charge in [0, 0.05) is 11.3 Å². The van der Waals surface area contributed by atoms with Crippen molar-refractivity contribution < 1.29 is 14.3 Å². The van der Waals surface area contributed by atoms with Crippen molar-refractivity contribution in [2.45, 2.75) is 17.3 Å². The minimum atomic E-state index is -0.890. The Labute approximate surface area is 166 Å². The summed E-state index contributed by atoms with van der Waals surface area (Å²) < 4.78 is 7.16. The van der Waals surface area contributed by atoms with Crippen molar-refractivity contribution in [3.8, 4) is 22.8 Å². The molecule has 9 heteroatoms. The number of carbonyl (C=O) groups is 2. The highest BCUT2D eigenvalue weighted by Gasteiger charge is 2.22. The summed E-state index contributed by atoms with van der Waals surface area (Å²) in [7, 11) is 1.60. The van der Waals surface area contributed by atoms with Gasteiger partial charge in [-0.15, -0.1) is 10.2 Å². The summed E-state index contributed by atoms with van der Waals surface area (Å²) in [5.41, 5.74) is 6.69. The Morgan fingerprint density at radius 3 is 2.57 bits per heavy atom. The quantitative estimate of drug-likeness (QED) is 0.619. The number of carbonyl (C=O) groups excluding carboxylic acids is 2. The van der Waals surface area contributed by atoms with Gasteiger partial charge in [-0.25, -0.2) is 4.79 Å². The zero-order valence-corrected chi connectivity index (χ0v) is 16.1. The number of amides is 3. The summed E-state index contributed by atoms with van der Waals surface area (Å²) in [5.74, 6) is 0.807. The number of methoxy groups -OCH3 is 1. The average Bonchev–Trinajstić information content (AvgIpc) is 3.11. The number of thioether (sulfide) groups is 1. The molecule has 0 radical (unpaired) electrons. The molecule has 1 atom stereocenters. The van der Waals surface area contributed by atoms with Gasteiger partial charge >= 0.3 is 6.03 Å². The van der Waals surface area contributed by atoms with Crippen LogP contribution in [-0.2, 0) is 4.79 Å². The third-order valence-electron chi connectivity index (χ3n) is 3.87. The van der Waals surface area contributed by atoms with E-state index in [-0.39, 0.29) is 0 Å². The van der Waals surface area contributed by atoms with E-state index in [1.54, 1.807) is 14.0 Å². The number of benzene rings is 2. The van der Waals surface area contributed by atoms with Gasteiger partial charge in [-0.1, -0.05) is 42.1 Å². The van der Waals surface area contributed by atoms with Crippen LogP contribution in [0.1, 0.15) is 6.92 Å². The number of primary amides is 1. The van der Waals surface area contributed by atoms with Crippen LogP contribution >= 0.6 is 11.8 Å². The van der Waals surface area contributed by atoms with Crippen LogP contribution in [0.25, 0.3) is 17.1 Å². The zero-order valence-electron chi connectivity index (χ0n) is 15.3. The second-order valence-electron chi connectivity index (χ2n) is 5.82. The van der Waals surface area contributed by atoms with Gasteiger partial charge < -0.3 is 10.5 Å². The first-order valence-corrected chi connectivity index (χ1v) is 9.29. The number of imide groups is 1. The Morgan fingerprint density at radius 2 is 1.89 bits per heavy atom. The third kappa shape index (κ3) is 4.32. The highest BCUT2D eigenvalue weighted by atomic mass is 32.2. The van der Waals surface area contributed by atoms with Gasteiger partial charge in [-0.05, 0) is 31.2 Å². The summed E-state index contributed by atoms with van der Waals surface area (Å²) in [5, 5.41) is 10.6. The predicted octanol–water partition coefficient (Wildman–Crippen LogP) is 2.62. The normalized spacial score (nSPS) is 11.6. The lowest BCUT2D eigenvalue weighted by molar-refractivity contribution is -0.119. The first kappa shape index (κ1) is 19.4. The van der Waals surface area contributed by atoms with E-state index in [9.17, 15) is 9.59 Å². The zero-order chi connectivity index (χ0) is 20.1. The topological polar surface area (TPSA) is 112 Å². The number of para-hydroxylation sites is 1. The molecule has 0 fully saturated rings. The molecule has 2 aromatic carbocycles. The van der Waals surface area contributed by atoms with E-state index in [2.05, 4.69) is 15.5 Å². The first-order valence-electron chi connectivity index (χ1n) is 8.42. The van der Waals surface area contributed by atoms with Crippen LogP contribution in [0.15, 0.2) is 59.8 Å². The molecule has 0 unspecified atom stereocenters. The standard InChI is InChI=1S/C19H19N5O3S/c1-12(17(25)21-18(20)26)28-19-23-22-16(13-7-6-10-15(11-13)27-2)24(19)14-8-4-3-5-9-14/h3-12H,1-2H3,(H3,20,21,25,26)/t12-/m0/s1. The molecule has 3 aromatic rings. The van der Waals surface area contributed by atoms with Gasteiger partial charge in [-0.3, -0.25) is 14.7 Å². The molecule has 0 bridgehead atoms. The molecule has 0 aliphatic carbocycles. The Hall–Kier alpha value is -3.33. The molecule has 0 saturated heterocycles. The first-order chi connectivity index (χ1) is 13.5. The van der Waals surface area contributed by atoms with E-state index in [1.165, 1.54) is 11.8 Å². The number of hydrogen-bond donors (Lipinski definition) is 2. The Bertz CT molecular complexity index is 990. The van der Waals surface area contributed by atoms with Gasteiger partial charge in [0.1, 0.15) is 5.75 Å². The van der Waals surface area contributed by atoms with Crippen LogP contribution in [0.3, 0.4) is 0 Å². The molecule has 0 saturated carbocycles. The van der Waals surface area contributed by atoms with Gasteiger partial charge in [0.05, 0.1) is 12.4 Å². The van der Waals surface area contributed by atoms with Gasteiger partial charge in [0.2, 0.25) is 5.91 Å². The molecule has 3 N–H and O–H groups in total. The Kier molecular flexibility index (Phi) is 5.95. The summed E-state index contributed by atoms with van der Waals surface area (Å²) in [6.45, 7) is 1.66. The fraction of sp³-hybridized carbons (Fsp3) is 0.158. The monoisotopic (exact) mass is 397 g/mol. The van der Waals surface area contributed by atoms with Crippen LogP contribution in [0.4, 0.5) is 4.79 Å². The number of nitrogens with zero attached hydrogens (tertiary/aromatic N) is 3. The summed E-state index contributed by atoms with van der Waals surface area (Å²) >= 11 is 1.18. The number of nitrogens with one attached hydrogen (secondary N) is 1. The van der Waals surface area contributed by atoms with Crippen LogP contribution in [-0.4, -0.2) is 39.1 Å². The second-order valence-corrected chi connectivity index (χ2v) is 7.13. The molecule has 3 amide bonds. The Morgan fingerprint density at radius 1 is 1.14 bits per heavy atom. The molecule has 1 heterocycles. The number of urea groups is 1. The van der Waals surface area contributed by atoms with E-state index in [1.807, 2.05) is 59.2 Å². The van der Waals surface area contributed by atoms with E-state index in [4.69, 9.17) is 10.5 Å². The van der Waals surface area contributed by atoms with E-state index in [0.29, 0.717) is 16.7 Å². The lowest BCUT2D eigenvalue weighted by Gasteiger charge is -2.13. The minimum absolute atomic E-state index is 0.497. The minimum Gasteiger partial charge on any atom is -0.497 e. The van der Waals surface area contributed by atoms with Gasteiger partial charge in [0.25, 0.3) is 0 Å². The summed E-state index contributed by atoms with van der Waals surface area (Å²) in [6, 6.07) is 16.2. The summed E-state index contributed by atoms with van der Waals surface area (Å²) in [4.78, 5) is 23.0. The molecule has 28 heavy (non-hydrogen) atoms. The summed E-state index contributed by atoms with van der Waals surface area (Å²) in [6.07, 6.45) is 0. The molecule has 3 rings (SSSR count). The largest absolute Gasteiger partial charge is 0.497 e. The van der Waals surface area contributed by atoms with Crippen molar-refractivity contribution in [2.75, 3.05) is 7.11 Å². The van der Waals surface area contributed by atoms with Crippen LogP contribution in [0.5, 0.6) is 5.75 Å². The van der Waals surface area contributed by atoms with E-state index < -0.39 is 17.2 Å². The molecule has 1 aromatic heterocycles. The number of aromatic nitrogens is 3. The maximum atomic E-state index is 12.1. The van der Waals surface area contributed by atoms with Crippen molar-refractivity contribution in [3.63, 3.8) is 0 Å². The van der Waals surface area contributed by atoms with E-state index >= 15 is 0 Å². The van der Waals surface area contributed by atoms with Gasteiger partial charge in [0.15, 0.2) is 11.0 Å². The lowest BCUT2D eigenvalue weighted by Crippen LogP contribution is -2.39. The maximum Gasteiger partial charge on any atom is 0.318 e. The third-order valence-corrected chi connectivity index (χ3v) is 4.92. The highest BCUT2D eigenvalue weighted by Crippen LogP contribution is 2.31. The fourth-order valence-electron chi connectivity index (χ4n) is 2.54. The molecular weight excluding hydrogens is 378 g/mol. The van der Waals surface area contributed by atoms with Crippen molar-refractivity contribution in [2.24, 2.45) is 5.73 Å². The van der Waals surface area contributed by atoms with Crippen molar-refractivity contribution >= 4 is 23.7 Å². The second kappa shape index (κ2) is 8.57. The molecule has 0 aliphatic rings. The number of hydrogen-bond acceptors (Lipinski definition) is 6. The van der Waals surface area contributed by atoms with Crippen molar-refractivity contribution in [1.82, 2.24) is 20.1 Å². The van der Waals surface area contributed by atoms with Crippen molar-refractivity contribution in [1.29, 1.82) is 0 Å². The average molecular weight is 397 g/mol. The fourth-order valence-corrected chi connectivity index (χ4v) is 3.41. The highest BCUT2D eigenvalue weighted by molar-refractivity contribution is 8.00. The molecule has 144 valence electrons. The number of nitrogens with two attached hydrogens (primary N) is 1. The molecule has 0 spiro atoms.